The molecular weight excluding hydrogens is 552 g/mol. The van der Waals surface area contributed by atoms with E-state index in [1.165, 1.54) is 23.9 Å². The number of hydrogen-bond donors (Lipinski definition) is 1. The van der Waals surface area contributed by atoms with Crippen LogP contribution in [0.1, 0.15) is 16.7 Å². The van der Waals surface area contributed by atoms with E-state index in [0.717, 1.165) is 23.0 Å². The Morgan fingerprint density at radius 1 is 0.842 bits per heavy atom. The Morgan fingerprint density at radius 3 is 1.84 bits per heavy atom. The van der Waals surface area contributed by atoms with Crippen LogP contribution in [0.25, 0.3) is 5.57 Å². The molecule has 3 aromatic rings. The molecule has 202 valence electrons. The number of thioether (sulfide) groups is 1. The number of para-hydroxylation sites is 2. The van der Waals surface area contributed by atoms with Gasteiger partial charge in [0.25, 0.3) is 0 Å². The molecule has 0 saturated carbocycles. The van der Waals surface area contributed by atoms with E-state index >= 15 is 0 Å². The molecule has 38 heavy (non-hydrogen) atoms. The highest BCUT2D eigenvalue weighted by Gasteiger charge is 2.19. The molecule has 0 bridgehead atoms. The molecule has 3 rings (SSSR count). The van der Waals surface area contributed by atoms with Crippen molar-refractivity contribution in [3.63, 3.8) is 0 Å². The molecule has 3 aromatic carbocycles. The van der Waals surface area contributed by atoms with Crippen LogP contribution >= 0.6 is 11.8 Å². The van der Waals surface area contributed by atoms with Crippen molar-refractivity contribution in [2.24, 2.45) is 0 Å². The number of aliphatic carboxylic acids is 1. The van der Waals surface area contributed by atoms with Crippen molar-refractivity contribution in [2.75, 3.05) is 24.9 Å². The summed E-state index contributed by atoms with van der Waals surface area (Å²) in [7, 11) is -7.69. The number of carboxylic acid groups (broad SMARTS) is 1. The lowest BCUT2D eigenvalue weighted by Gasteiger charge is -2.16. The quantitative estimate of drug-likeness (QED) is 0.244. The van der Waals surface area contributed by atoms with Gasteiger partial charge >= 0.3 is 26.2 Å². The number of benzene rings is 3. The lowest BCUT2D eigenvalue weighted by Crippen LogP contribution is -2.10. The predicted octanol–water partition coefficient (Wildman–Crippen LogP) is 4.36. The monoisotopic (exact) mass is 578 g/mol. The Bertz CT molecular complexity index is 1480. The summed E-state index contributed by atoms with van der Waals surface area (Å²) in [5, 5.41) is 8.82. The SMILES string of the molecule is Cc1cc(SCC=C(c2ccccc2OS(C)(=O)=O)c2ccccc2OS(C)(=O)=O)ccc1OCC(=O)O. The summed E-state index contributed by atoms with van der Waals surface area (Å²) in [5.74, 6) is -0.0373. The van der Waals surface area contributed by atoms with Crippen molar-refractivity contribution in [1.29, 1.82) is 0 Å². The molecule has 9 nitrogen and oxygen atoms in total. The highest BCUT2D eigenvalue weighted by molar-refractivity contribution is 7.99. The zero-order chi connectivity index (χ0) is 27.9. The maximum absolute atomic E-state index is 11.9. The van der Waals surface area contributed by atoms with E-state index in [9.17, 15) is 21.6 Å². The summed E-state index contributed by atoms with van der Waals surface area (Å²) in [4.78, 5) is 11.6. The molecule has 0 aromatic heterocycles. The fourth-order valence-electron chi connectivity index (χ4n) is 3.45. The topological polar surface area (TPSA) is 133 Å². The first-order valence-electron chi connectivity index (χ1n) is 11.1. The van der Waals surface area contributed by atoms with Crippen molar-refractivity contribution in [2.45, 2.75) is 11.8 Å². The number of hydrogen-bond acceptors (Lipinski definition) is 9. The van der Waals surface area contributed by atoms with Gasteiger partial charge in [-0.15, -0.1) is 11.8 Å². The van der Waals surface area contributed by atoms with E-state index in [1.54, 1.807) is 55.5 Å². The minimum Gasteiger partial charge on any atom is -0.482 e. The molecule has 0 spiro atoms. The van der Waals surface area contributed by atoms with Crippen LogP contribution in [0.4, 0.5) is 0 Å². The average molecular weight is 579 g/mol. The minimum atomic E-state index is -3.85. The van der Waals surface area contributed by atoms with Gasteiger partial charge < -0.3 is 18.2 Å². The molecule has 0 aliphatic heterocycles. The highest BCUT2D eigenvalue weighted by Crippen LogP contribution is 2.37. The molecule has 0 radical (unpaired) electrons. The van der Waals surface area contributed by atoms with Crippen LogP contribution in [0.2, 0.25) is 0 Å². The van der Waals surface area contributed by atoms with E-state index < -0.39 is 32.8 Å². The van der Waals surface area contributed by atoms with E-state index in [-0.39, 0.29) is 11.5 Å². The average Bonchev–Trinajstić information content (AvgIpc) is 2.80. The zero-order valence-electron chi connectivity index (χ0n) is 20.8. The van der Waals surface area contributed by atoms with Crippen LogP contribution in [-0.2, 0) is 25.0 Å². The number of aryl methyl sites for hydroxylation is 1. The molecule has 12 heteroatoms. The van der Waals surface area contributed by atoms with Gasteiger partial charge in [-0.25, -0.2) is 4.79 Å². The van der Waals surface area contributed by atoms with Gasteiger partial charge in [-0.1, -0.05) is 42.5 Å². The number of ether oxygens (including phenoxy) is 1. The predicted molar refractivity (Wildman–Crippen MR) is 146 cm³/mol. The van der Waals surface area contributed by atoms with Gasteiger partial charge in [0.15, 0.2) is 6.61 Å². The second-order valence-electron chi connectivity index (χ2n) is 8.11. The van der Waals surface area contributed by atoms with E-state index in [2.05, 4.69) is 0 Å². The molecule has 0 atom stereocenters. The van der Waals surface area contributed by atoms with Crippen molar-refractivity contribution < 1.29 is 39.8 Å². The largest absolute Gasteiger partial charge is 0.482 e. The molecule has 0 aliphatic rings. The van der Waals surface area contributed by atoms with Crippen LogP contribution in [-0.4, -0.2) is 52.8 Å². The Kier molecular flexibility index (Phi) is 9.47. The molecule has 0 saturated heterocycles. The lowest BCUT2D eigenvalue weighted by atomic mass is 9.96. The van der Waals surface area contributed by atoms with Gasteiger partial charge in [0.05, 0.1) is 12.5 Å². The molecule has 0 aliphatic carbocycles. The molecule has 0 fully saturated rings. The zero-order valence-corrected chi connectivity index (χ0v) is 23.2. The number of carboxylic acids is 1. The Labute approximate surface area is 226 Å². The molecule has 1 N–H and O–H groups in total. The third-order valence-corrected chi connectivity index (χ3v) is 6.76. The van der Waals surface area contributed by atoms with Crippen LogP contribution in [0, 0.1) is 6.92 Å². The van der Waals surface area contributed by atoms with Crippen LogP contribution in [0.15, 0.2) is 77.7 Å². The smallest absolute Gasteiger partial charge is 0.341 e. The second-order valence-corrected chi connectivity index (χ2v) is 12.3. The van der Waals surface area contributed by atoms with Crippen LogP contribution < -0.4 is 13.1 Å². The first-order chi connectivity index (χ1) is 17.8. The molecule has 0 amide bonds. The standard InChI is InChI=1S/C26H26O9S3/c1-18-16-19(12-13-23(18)33-17-26(27)28)36-15-14-20(21-8-4-6-10-24(21)34-37(2,29)30)22-9-5-7-11-25(22)35-38(3,31)32/h4-14,16H,15,17H2,1-3H3,(H,27,28). The summed E-state index contributed by atoms with van der Waals surface area (Å²) in [5.41, 5.74) is 2.13. The first-order valence-corrected chi connectivity index (χ1v) is 15.7. The lowest BCUT2D eigenvalue weighted by molar-refractivity contribution is -0.139. The highest BCUT2D eigenvalue weighted by atomic mass is 32.2. The van der Waals surface area contributed by atoms with E-state index in [0.29, 0.717) is 28.2 Å². The maximum Gasteiger partial charge on any atom is 0.341 e. The molecule has 0 heterocycles. The van der Waals surface area contributed by atoms with E-state index in [4.69, 9.17) is 18.2 Å². The molecular formula is C26H26O9S3. The van der Waals surface area contributed by atoms with Crippen molar-refractivity contribution in [3.8, 4) is 17.2 Å². The summed E-state index contributed by atoms with van der Waals surface area (Å²) < 4.78 is 63.4. The second kappa shape index (κ2) is 12.4. The Morgan fingerprint density at radius 2 is 1.37 bits per heavy atom. The Hall–Kier alpha value is -3.48. The van der Waals surface area contributed by atoms with Crippen LogP contribution in [0.5, 0.6) is 17.2 Å². The number of carbonyl (C=O) groups is 1. The summed E-state index contributed by atoms with van der Waals surface area (Å²) in [6.07, 6.45) is 3.70. The van der Waals surface area contributed by atoms with Gasteiger partial charge in [-0.2, -0.15) is 16.8 Å². The fourth-order valence-corrected chi connectivity index (χ4v) is 5.26. The Balaban J connectivity index is 2.01. The van der Waals surface area contributed by atoms with E-state index in [1.807, 2.05) is 12.1 Å². The van der Waals surface area contributed by atoms with Crippen molar-refractivity contribution in [3.05, 3.63) is 89.5 Å². The summed E-state index contributed by atoms with van der Waals surface area (Å²) >= 11 is 1.46. The molecule has 0 unspecified atom stereocenters. The maximum atomic E-state index is 11.9. The first kappa shape index (κ1) is 29.1. The summed E-state index contributed by atoms with van der Waals surface area (Å²) in [6.45, 7) is 1.36. The third-order valence-electron chi connectivity index (χ3n) is 4.87. The minimum absolute atomic E-state index is 0.0798. The van der Waals surface area contributed by atoms with Crippen LogP contribution in [0.3, 0.4) is 0 Å². The van der Waals surface area contributed by atoms with Gasteiger partial charge in [-0.05, 0) is 48.4 Å². The van der Waals surface area contributed by atoms with Gasteiger partial charge in [-0.3, -0.25) is 0 Å². The van der Waals surface area contributed by atoms with Gasteiger partial charge in [0, 0.05) is 21.8 Å². The van der Waals surface area contributed by atoms with Gasteiger partial charge in [0.1, 0.15) is 17.2 Å². The fraction of sp³-hybridized carbons (Fsp3) is 0.192. The third kappa shape index (κ3) is 8.82. The van der Waals surface area contributed by atoms with Gasteiger partial charge in [0.2, 0.25) is 0 Å². The van der Waals surface area contributed by atoms with Crippen molar-refractivity contribution >= 4 is 43.5 Å². The normalized spacial score (nSPS) is 11.4. The summed E-state index contributed by atoms with van der Waals surface area (Å²) in [6, 6.07) is 18.4. The van der Waals surface area contributed by atoms with Crippen molar-refractivity contribution in [1.82, 2.24) is 0 Å². The number of rotatable bonds is 12.